The maximum Gasteiger partial charge on any atom is 0.355 e. The number of ether oxygens (including phenoxy) is 1. The van der Waals surface area contributed by atoms with Crippen LogP contribution in [0.4, 0.5) is 0 Å². The highest BCUT2D eigenvalue weighted by Gasteiger charge is 2.16. The number of carboxylic acids is 1. The van der Waals surface area contributed by atoms with Gasteiger partial charge in [-0.05, 0) is 30.3 Å². The van der Waals surface area contributed by atoms with Gasteiger partial charge in [-0.25, -0.2) is 14.8 Å². The lowest BCUT2D eigenvalue weighted by atomic mass is 10.1. The molecule has 0 aliphatic carbocycles. The van der Waals surface area contributed by atoms with Crippen molar-refractivity contribution in [1.29, 1.82) is 0 Å². The third-order valence-electron chi connectivity index (χ3n) is 3.23. The summed E-state index contributed by atoms with van der Waals surface area (Å²) in [5.74, 6) is -0.119. The molecule has 0 saturated heterocycles. The van der Waals surface area contributed by atoms with E-state index in [4.69, 9.17) is 16.3 Å². The van der Waals surface area contributed by atoms with E-state index in [9.17, 15) is 9.90 Å². The number of hydrogen-bond acceptors (Lipinski definition) is 4. The number of halogens is 1. The summed E-state index contributed by atoms with van der Waals surface area (Å²) in [6.45, 7) is 0. The molecule has 1 heterocycles. The molecular weight excluding hydrogens is 304 g/mol. The van der Waals surface area contributed by atoms with Crippen LogP contribution in [0, 0.1) is 0 Å². The molecule has 1 aromatic heterocycles. The first-order chi connectivity index (χ1) is 10.6. The Labute approximate surface area is 131 Å². The zero-order valence-electron chi connectivity index (χ0n) is 11.6. The molecule has 0 spiro atoms. The van der Waals surface area contributed by atoms with Crippen LogP contribution in [0.25, 0.3) is 22.3 Å². The number of carbonyl (C=O) groups is 1. The van der Waals surface area contributed by atoms with Gasteiger partial charge in [0.25, 0.3) is 0 Å². The highest BCUT2D eigenvalue weighted by atomic mass is 35.5. The second-order valence-electron chi connectivity index (χ2n) is 4.57. The van der Waals surface area contributed by atoms with Gasteiger partial charge in [-0.3, -0.25) is 0 Å². The minimum atomic E-state index is -1.12. The van der Waals surface area contributed by atoms with Crippen molar-refractivity contribution in [2.24, 2.45) is 0 Å². The van der Waals surface area contributed by atoms with Crippen molar-refractivity contribution in [3.63, 3.8) is 0 Å². The molecule has 0 radical (unpaired) electrons. The Morgan fingerprint density at radius 2 is 1.86 bits per heavy atom. The number of para-hydroxylation sites is 1. The predicted molar refractivity (Wildman–Crippen MR) is 83.5 cm³/mol. The average Bonchev–Trinajstić information content (AvgIpc) is 2.54. The first kappa shape index (κ1) is 14.3. The third-order valence-corrected chi connectivity index (χ3v) is 3.53. The fourth-order valence-corrected chi connectivity index (χ4v) is 2.37. The SMILES string of the molecule is COc1ccc(-c2nc(C(=O)O)c3cccc(Cl)c3n2)cc1. The summed E-state index contributed by atoms with van der Waals surface area (Å²) >= 11 is 6.14. The molecular formula is C16H11ClN2O3. The third kappa shape index (κ3) is 2.46. The van der Waals surface area contributed by atoms with Crippen LogP contribution in [-0.4, -0.2) is 28.2 Å². The fraction of sp³-hybridized carbons (Fsp3) is 0.0625. The minimum Gasteiger partial charge on any atom is -0.497 e. The van der Waals surface area contributed by atoms with E-state index in [1.54, 1.807) is 49.6 Å². The fourth-order valence-electron chi connectivity index (χ4n) is 2.15. The van der Waals surface area contributed by atoms with Crippen molar-refractivity contribution < 1.29 is 14.6 Å². The zero-order chi connectivity index (χ0) is 15.7. The summed E-state index contributed by atoms with van der Waals surface area (Å²) in [5.41, 5.74) is 1.03. The van der Waals surface area contributed by atoms with Gasteiger partial charge in [0.05, 0.1) is 17.6 Å². The largest absolute Gasteiger partial charge is 0.497 e. The molecule has 22 heavy (non-hydrogen) atoms. The number of fused-ring (bicyclic) bond motifs is 1. The molecule has 1 N–H and O–H groups in total. The molecule has 0 saturated carbocycles. The van der Waals surface area contributed by atoms with Gasteiger partial charge in [0.1, 0.15) is 5.75 Å². The Kier molecular flexibility index (Phi) is 3.65. The van der Waals surface area contributed by atoms with E-state index >= 15 is 0 Å². The van der Waals surface area contributed by atoms with Gasteiger partial charge in [-0.1, -0.05) is 23.7 Å². The number of hydrogen-bond donors (Lipinski definition) is 1. The normalized spacial score (nSPS) is 10.6. The molecule has 3 aromatic rings. The van der Waals surface area contributed by atoms with Crippen molar-refractivity contribution in [2.45, 2.75) is 0 Å². The topological polar surface area (TPSA) is 72.3 Å². The first-order valence-corrected chi connectivity index (χ1v) is 6.82. The van der Waals surface area contributed by atoms with E-state index in [2.05, 4.69) is 9.97 Å². The number of aromatic carboxylic acids is 1. The molecule has 3 rings (SSSR count). The van der Waals surface area contributed by atoms with Crippen LogP contribution in [-0.2, 0) is 0 Å². The van der Waals surface area contributed by atoms with Crippen LogP contribution < -0.4 is 4.74 Å². The standard InChI is InChI=1S/C16H11ClN2O3/c1-22-10-7-5-9(6-8-10)15-18-13-11(3-2-4-12(13)17)14(19-15)16(20)21/h2-8H,1H3,(H,20,21). The van der Waals surface area contributed by atoms with Gasteiger partial charge in [0.15, 0.2) is 11.5 Å². The van der Waals surface area contributed by atoms with Gasteiger partial charge in [-0.2, -0.15) is 0 Å². The van der Waals surface area contributed by atoms with Crippen LogP contribution in [0.15, 0.2) is 42.5 Å². The van der Waals surface area contributed by atoms with E-state index in [1.165, 1.54) is 0 Å². The molecule has 5 nitrogen and oxygen atoms in total. The number of aromatic nitrogens is 2. The molecule has 0 atom stereocenters. The van der Waals surface area contributed by atoms with Crippen LogP contribution >= 0.6 is 11.6 Å². The van der Waals surface area contributed by atoms with E-state index in [0.29, 0.717) is 33.1 Å². The molecule has 0 fully saturated rings. The minimum absolute atomic E-state index is 0.0710. The summed E-state index contributed by atoms with van der Waals surface area (Å²) in [7, 11) is 1.57. The van der Waals surface area contributed by atoms with Crippen molar-refractivity contribution >= 4 is 28.5 Å². The maximum absolute atomic E-state index is 11.5. The quantitative estimate of drug-likeness (QED) is 0.798. The molecule has 6 heteroatoms. The van der Waals surface area contributed by atoms with Crippen LogP contribution in [0.3, 0.4) is 0 Å². The highest BCUT2D eigenvalue weighted by molar-refractivity contribution is 6.35. The summed E-state index contributed by atoms with van der Waals surface area (Å²) in [4.78, 5) is 20.0. The highest BCUT2D eigenvalue weighted by Crippen LogP contribution is 2.27. The van der Waals surface area contributed by atoms with Gasteiger partial charge >= 0.3 is 5.97 Å². The Morgan fingerprint density at radius 3 is 2.50 bits per heavy atom. The predicted octanol–water partition coefficient (Wildman–Crippen LogP) is 3.66. The Balaban J connectivity index is 2.25. The van der Waals surface area contributed by atoms with Gasteiger partial charge in [0.2, 0.25) is 0 Å². The molecule has 0 aliphatic rings. The second-order valence-corrected chi connectivity index (χ2v) is 4.97. The van der Waals surface area contributed by atoms with Crippen LogP contribution in [0.5, 0.6) is 5.75 Å². The Bertz CT molecular complexity index is 863. The van der Waals surface area contributed by atoms with Crippen molar-refractivity contribution in [1.82, 2.24) is 9.97 Å². The molecule has 0 bridgehead atoms. The lowest BCUT2D eigenvalue weighted by molar-refractivity contribution is 0.0693. The Hall–Kier alpha value is -2.66. The Morgan fingerprint density at radius 1 is 1.14 bits per heavy atom. The first-order valence-electron chi connectivity index (χ1n) is 6.44. The molecule has 110 valence electrons. The lowest BCUT2D eigenvalue weighted by Gasteiger charge is -2.07. The van der Waals surface area contributed by atoms with Crippen LogP contribution in [0.2, 0.25) is 5.02 Å². The number of carboxylic acid groups (broad SMARTS) is 1. The van der Waals surface area contributed by atoms with Gasteiger partial charge < -0.3 is 9.84 Å². The average molecular weight is 315 g/mol. The molecule has 0 amide bonds. The number of methoxy groups -OCH3 is 1. The molecule has 0 unspecified atom stereocenters. The van der Waals surface area contributed by atoms with E-state index < -0.39 is 5.97 Å². The van der Waals surface area contributed by atoms with E-state index in [-0.39, 0.29) is 5.69 Å². The van der Waals surface area contributed by atoms with E-state index in [1.807, 2.05) is 0 Å². The number of benzene rings is 2. The summed E-state index contributed by atoms with van der Waals surface area (Å²) in [5, 5.41) is 10.2. The zero-order valence-corrected chi connectivity index (χ0v) is 12.3. The summed E-state index contributed by atoms with van der Waals surface area (Å²) in [6, 6.07) is 12.0. The summed E-state index contributed by atoms with van der Waals surface area (Å²) < 4.78 is 5.10. The smallest absolute Gasteiger partial charge is 0.355 e. The van der Waals surface area contributed by atoms with E-state index in [0.717, 1.165) is 0 Å². The number of nitrogens with zero attached hydrogens (tertiary/aromatic N) is 2. The second kappa shape index (κ2) is 5.61. The monoisotopic (exact) mass is 314 g/mol. The van der Waals surface area contributed by atoms with Gasteiger partial charge in [-0.15, -0.1) is 0 Å². The molecule has 2 aromatic carbocycles. The van der Waals surface area contributed by atoms with Crippen molar-refractivity contribution in [2.75, 3.05) is 7.11 Å². The maximum atomic E-state index is 11.5. The number of rotatable bonds is 3. The van der Waals surface area contributed by atoms with Crippen molar-refractivity contribution in [3.8, 4) is 17.1 Å². The van der Waals surface area contributed by atoms with Crippen LogP contribution in [0.1, 0.15) is 10.5 Å². The lowest BCUT2D eigenvalue weighted by Crippen LogP contribution is -2.05. The molecule has 0 aliphatic heterocycles. The van der Waals surface area contributed by atoms with Gasteiger partial charge in [0, 0.05) is 10.9 Å². The summed E-state index contributed by atoms with van der Waals surface area (Å²) in [6.07, 6.45) is 0. The van der Waals surface area contributed by atoms with Crippen molar-refractivity contribution in [3.05, 3.63) is 53.2 Å².